The van der Waals surface area contributed by atoms with Gasteiger partial charge in [-0.3, -0.25) is 9.48 Å². The molecule has 8 nitrogen and oxygen atoms in total. The van der Waals surface area contributed by atoms with Crippen LogP contribution in [-0.4, -0.2) is 49.8 Å². The summed E-state index contributed by atoms with van der Waals surface area (Å²) >= 11 is 0. The first-order chi connectivity index (χ1) is 14.9. The maximum atomic E-state index is 12.9. The summed E-state index contributed by atoms with van der Waals surface area (Å²) in [4.78, 5) is 12.9. The van der Waals surface area contributed by atoms with Gasteiger partial charge in [0.15, 0.2) is 15.5 Å². The molecule has 0 saturated carbocycles. The number of sulfone groups is 1. The number of aromatic nitrogens is 2. The van der Waals surface area contributed by atoms with E-state index in [0.29, 0.717) is 29.3 Å². The molecule has 2 aromatic carbocycles. The lowest BCUT2D eigenvalue weighted by Gasteiger charge is -2.13. The summed E-state index contributed by atoms with van der Waals surface area (Å²) in [6, 6.07) is 15.7. The van der Waals surface area contributed by atoms with E-state index < -0.39 is 9.84 Å². The topological polar surface area (TPSA) is 99.5 Å². The van der Waals surface area contributed by atoms with Crippen molar-refractivity contribution in [2.45, 2.75) is 12.5 Å². The lowest BCUT2D eigenvalue weighted by molar-refractivity contribution is 0.102. The van der Waals surface area contributed by atoms with Crippen LogP contribution in [0.5, 0.6) is 11.5 Å². The Kier molecular flexibility index (Phi) is 5.69. The van der Waals surface area contributed by atoms with E-state index >= 15 is 0 Å². The molecular weight excluding hydrogens is 418 g/mol. The van der Waals surface area contributed by atoms with Gasteiger partial charge in [-0.2, -0.15) is 5.10 Å². The quantitative estimate of drug-likeness (QED) is 0.631. The Morgan fingerprint density at radius 3 is 2.19 bits per heavy atom. The van der Waals surface area contributed by atoms with Crippen molar-refractivity contribution in [1.29, 1.82) is 0 Å². The molecule has 2 heterocycles. The summed E-state index contributed by atoms with van der Waals surface area (Å²) in [6.07, 6.45) is 0.465. The Labute approximate surface area is 180 Å². The first-order valence-corrected chi connectivity index (χ1v) is 11.6. The highest BCUT2D eigenvalue weighted by atomic mass is 32.2. The molecule has 0 unspecified atom stereocenters. The number of ether oxygens (including phenoxy) is 2. The number of amides is 1. The van der Waals surface area contributed by atoms with Gasteiger partial charge in [-0.05, 0) is 61.0 Å². The van der Waals surface area contributed by atoms with Crippen LogP contribution in [0.3, 0.4) is 0 Å². The van der Waals surface area contributed by atoms with Gasteiger partial charge in [0.05, 0.1) is 37.5 Å². The van der Waals surface area contributed by atoms with E-state index in [0.717, 1.165) is 5.56 Å². The average Bonchev–Trinajstić information content (AvgIpc) is 3.38. The smallest absolute Gasteiger partial charge is 0.276 e. The number of hydrogen-bond acceptors (Lipinski definition) is 6. The van der Waals surface area contributed by atoms with Gasteiger partial charge in [0.2, 0.25) is 0 Å². The van der Waals surface area contributed by atoms with E-state index in [1.165, 1.54) is 0 Å². The van der Waals surface area contributed by atoms with E-state index in [1.807, 2.05) is 24.3 Å². The van der Waals surface area contributed by atoms with E-state index in [-0.39, 0.29) is 29.1 Å². The van der Waals surface area contributed by atoms with Crippen molar-refractivity contribution in [2.75, 3.05) is 31.0 Å². The standard InChI is InChI=1S/C22H23N3O5S/c1-29-18-7-3-15(4-8-18)21-13-20(24-25(21)17-11-12-31(27,28)14-17)22(26)23-16-5-9-19(30-2)10-6-16/h3-10,13,17H,11-12,14H2,1-2H3,(H,23,26)/t17-/m0/s1. The Morgan fingerprint density at radius 2 is 1.65 bits per heavy atom. The second-order valence-electron chi connectivity index (χ2n) is 7.33. The fourth-order valence-corrected chi connectivity index (χ4v) is 5.29. The first-order valence-electron chi connectivity index (χ1n) is 9.78. The Hall–Kier alpha value is -3.33. The van der Waals surface area contributed by atoms with Crippen molar-refractivity contribution < 1.29 is 22.7 Å². The van der Waals surface area contributed by atoms with Crippen molar-refractivity contribution >= 4 is 21.4 Å². The molecule has 1 saturated heterocycles. The summed E-state index contributed by atoms with van der Waals surface area (Å²) in [6.45, 7) is 0. The van der Waals surface area contributed by atoms with Gasteiger partial charge >= 0.3 is 0 Å². The summed E-state index contributed by atoms with van der Waals surface area (Å²) in [5.74, 6) is 1.14. The maximum absolute atomic E-state index is 12.9. The van der Waals surface area contributed by atoms with Crippen LogP contribution in [0.15, 0.2) is 54.6 Å². The molecule has 9 heteroatoms. The molecule has 0 spiro atoms. The SMILES string of the molecule is COc1ccc(NC(=O)c2cc(-c3ccc(OC)cc3)n([C@H]3CCS(=O)(=O)C3)n2)cc1. The summed E-state index contributed by atoms with van der Waals surface area (Å²) in [5, 5.41) is 7.31. The molecule has 0 aliphatic carbocycles. The monoisotopic (exact) mass is 441 g/mol. The summed E-state index contributed by atoms with van der Waals surface area (Å²) in [7, 11) is 0.0485. The van der Waals surface area contributed by atoms with Crippen molar-refractivity contribution in [2.24, 2.45) is 0 Å². The van der Waals surface area contributed by atoms with Crippen molar-refractivity contribution in [3.63, 3.8) is 0 Å². The zero-order valence-corrected chi connectivity index (χ0v) is 18.1. The Morgan fingerprint density at radius 1 is 1.03 bits per heavy atom. The molecule has 1 aromatic heterocycles. The molecule has 31 heavy (non-hydrogen) atoms. The van der Waals surface area contributed by atoms with Gasteiger partial charge in [0, 0.05) is 11.3 Å². The summed E-state index contributed by atoms with van der Waals surface area (Å²) < 4.78 is 36.1. The number of rotatable bonds is 6. The lowest BCUT2D eigenvalue weighted by atomic mass is 10.1. The zero-order chi connectivity index (χ0) is 22.0. The second-order valence-corrected chi connectivity index (χ2v) is 9.56. The zero-order valence-electron chi connectivity index (χ0n) is 17.2. The number of carbonyl (C=O) groups is 1. The molecule has 1 fully saturated rings. The minimum atomic E-state index is -3.11. The van der Waals surface area contributed by atoms with Gasteiger partial charge in [-0.15, -0.1) is 0 Å². The highest BCUT2D eigenvalue weighted by Crippen LogP contribution is 2.31. The second kappa shape index (κ2) is 8.43. The molecule has 0 radical (unpaired) electrons. The van der Waals surface area contributed by atoms with Crippen LogP contribution in [0.2, 0.25) is 0 Å². The Balaban J connectivity index is 1.67. The molecule has 1 aliphatic heterocycles. The lowest BCUT2D eigenvalue weighted by Crippen LogP contribution is -2.16. The number of benzene rings is 2. The third kappa shape index (κ3) is 4.56. The molecule has 162 valence electrons. The van der Waals surface area contributed by atoms with E-state index in [4.69, 9.17) is 9.47 Å². The third-order valence-corrected chi connectivity index (χ3v) is 7.01. The van der Waals surface area contributed by atoms with Crippen LogP contribution in [0, 0.1) is 0 Å². The average molecular weight is 442 g/mol. The normalized spacial score (nSPS) is 17.3. The van der Waals surface area contributed by atoms with Crippen LogP contribution < -0.4 is 14.8 Å². The van der Waals surface area contributed by atoms with Crippen LogP contribution in [0.1, 0.15) is 23.0 Å². The number of nitrogens with zero attached hydrogens (tertiary/aromatic N) is 2. The van der Waals surface area contributed by atoms with E-state index in [1.54, 1.807) is 49.2 Å². The number of nitrogens with one attached hydrogen (secondary N) is 1. The molecule has 1 aliphatic rings. The van der Waals surface area contributed by atoms with Gasteiger partial charge in [-0.25, -0.2) is 8.42 Å². The number of methoxy groups -OCH3 is 2. The van der Waals surface area contributed by atoms with Crippen molar-refractivity contribution in [3.05, 3.63) is 60.3 Å². The fraction of sp³-hybridized carbons (Fsp3) is 0.273. The first kappa shape index (κ1) is 20.9. The van der Waals surface area contributed by atoms with Crippen LogP contribution in [-0.2, 0) is 9.84 Å². The predicted octanol–water partition coefficient (Wildman–Crippen LogP) is 3.18. The maximum Gasteiger partial charge on any atom is 0.276 e. The molecule has 1 amide bonds. The van der Waals surface area contributed by atoms with Gasteiger partial charge in [-0.1, -0.05) is 0 Å². The van der Waals surface area contributed by atoms with Crippen molar-refractivity contribution in [1.82, 2.24) is 9.78 Å². The van der Waals surface area contributed by atoms with Crippen LogP contribution in [0.25, 0.3) is 11.3 Å². The van der Waals surface area contributed by atoms with Gasteiger partial charge in [0.1, 0.15) is 11.5 Å². The highest BCUT2D eigenvalue weighted by molar-refractivity contribution is 7.91. The number of carbonyl (C=O) groups excluding carboxylic acids is 1. The Bertz CT molecular complexity index is 1180. The molecule has 1 N–H and O–H groups in total. The highest BCUT2D eigenvalue weighted by Gasteiger charge is 2.32. The molecule has 3 aromatic rings. The predicted molar refractivity (Wildman–Crippen MR) is 117 cm³/mol. The van der Waals surface area contributed by atoms with Crippen LogP contribution >= 0.6 is 0 Å². The van der Waals surface area contributed by atoms with Crippen molar-refractivity contribution in [3.8, 4) is 22.8 Å². The fourth-order valence-electron chi connectivity index (χ4n) is 3.60. The van der Waals surface area contributed by atoms with Gasteiger partial charge in [0.25, 0.3) is 5.91 Å². The van der Waals surface area contributed by atoms with Gasteiger partial charge < -0.3 is 14.8 Å². The molecule has 4 rings (SSSR count). The minimum absolute atomic E-state index is 0.0113. The number of hydrogen-bond donors (Lipinski definition) is 1. The van der Waals surface area contributed by atoms with E-state index in [9.17, 15) is 13.2 Å². The van der Waals surface area contributed by atoms with Crippen LogP contribution in [0.4, 0.5) is 5.69 Å². The van der Waals surface area contributed by atoms with E-state index in [2.05, 4.69) is 10.4 Å². The number of anilines is 1. The largest absolute Gasteiger partial charge is 0.497 e. The summed E-state index contributed by atoms with van der Waals surface area (Å²) in [5.41, 5.74) is 2.33. The minimum Gasteiger partial charge on any atom is -0.497 e. The third-order valence-electron chi connectivity index (χ3n) is 5.26. The molecule has 1 atom stereocenters. The molecular formula is C22H23N3O5S. The molecule has 0 bridgehead atoms.